The number of aliphatic hydroxyl groups is 1. The number of piperidine rings is 1. The van der Waals surface area contributed by atoms with Crippen LogP contribution in [0, 0.1) is 10.1 Å². The molecule has 2 heterocycles. The van der Waals surface area contributed by atoms with Crippen molar-refractivity contribution >= 4 is 23.3 Å². The van der Waals surface area contributed by atoms with Crippen LogP contribution in [-0.2, 0) is 9.53 Å². The lowest BCUT2D eigenvalue weighted by Crippen LogP contribution is -2.51. The average Bonchev–Trinajstić information content (AvgIpc) is 2.68. The molecule has 0 spiro atoms. The summed E-state index contributed by atoms with van der Waals surface area (Å²) >= 11 is 0. The first-order valence-corrected chi connectivity index (χ1v) is 8.68. The van der Waals surface area contributed by atoms with Gasteiger partial charge in [-0.1, -0.05) is 6.07 Å². The molecule has 0 saturated carbocycles. The van der Waals surface area contributed by atoms with Gasteiger partial charge in [-0.05, 0) is 6.07 Å². The molecule has 0 atom stereocenters. The molecule has 27 heavy (non-hydrogen) atoms. The lowest BCUT2D eigenvalue weighted by molar-refractivity contribution is -0.384. The van der Waals surface area contributed by atoms with Gasteiger partial charge in [-0.15, -0.1) is 0 Å². The van der Waals surface area contributed by atoms with Gasteiger partial charge in [-0.25, -0.2) is 4.79 Å². The van der Waals surface area contributed by atoms with Crippen LogP contribution in [0.4, 0.5) is 11.4 Å². The molecule has 1 aromatic rings. The second-order valence-corrected chi connectivity index (χ2v) is 6.66. The number of aliphatic carboxylic acids is 1. The van der Waals surface area contributed by atoms with Gasteiger partial charge in [-0.2, -0.15) is 0 Å². The summed E-state index contributed by atoms with van der Waals surface area (Å²) in [4.78, 5) is 38.4. The average molecular weight is 379 g/mol. The summed E-state index contributed by atoms with van der Waals surface area (Å²) in [6.45, 7) is 1.82. The topological polar surface area (TPSA) is 133 Å². The highest BCUT2D eigenvalue weighted by Crippen LogP contribution is 2.34. The maximum atomic E-state index is 13.0. The number of carbonyl (C=O) groups is 2. The van der Waals surface area contributed by atoms with Gasteiger partial charge in [0.15, 0.2) is 5.60 Å². The maximum Gasteiger partial charge on any atom is 0.335 e. The van der Waals surface area contributed by atoms with Gasteiger partial charge >= 0.3 is 5.97 Å². The number of hydrogen-bond acceptors (Lipinski definition) is 7. The van der Waals surface area contributed by atoms with E-state index in [0.717, 1.165) is 0 Å². The van der Waals surface area contributed by atoms with Crippen LogP contribution in [0.3, 0.4) is 0 Å². The summed E-state index contributed by atoms with van der Waals surface area (Å²) in [6, 6.07) is 4.37. The number of para-hydroxylation sites is 1. The molecule has 0 aromatic heterocycles. The van der Waals surface area contributed by atoms with E-state index in [9.17, 15) is 24.8 Å². The minimum absolute atomic E-state index is 0.0624. The fourth-order valence-corrected chi connectivity index (χ4v) is 3.43. The Hall–Kier alpha value is -2.72. The van der Waals surface area contributed by atoms with Crippen LogP contribution in [0.25, 0.3) is 0 Å². The predicted octanol–water partition coefficient (Wildman–Crippen LogP) is 0.483. The molecule has 2 saturated heterocycles. The fraction of sp³-hybridized carbons (Fsp3) is 0.529. The van der Waals surface area contributed by atoms with Crippen LogP contribution in [0.2, 0.25) is 0 Å². The predicted molar refractivity (Wildman–Crippen MR) is 93.9 cm³/mol. The van der Waals surface area contributed by atoms with E-state index in [-0.39, 0.29) is 42.9 Å². The van der Waals surface area contributed by atoms with Gasteiger partial charge in [0.05, 0.1) is 23.7 Å². The van der Waals surface area contributed by atoms with Gasteiger partial charge in [0, 0.05) is 45.1 Å². The first-order valence-electron chi connectivity index (χ1n) is 8.68. The highest BCUT2D eigenvalue weighted by molar-refractivity contribution is 6.02. The van der Waals surface area contributed by atoms with E-state index >= 15 is 0 Å². The third-order valence-corrected chi connectivity index (χ3v) is 5.05. The van der Waals surface area contributed by atoms with Gasteiger partial charge in [0.1, 0.15) is 5.69 Å². The minimum Gasteiger partial charge on any atom is -0.479 e. The zero-order valence-electron chi connectivity index (χ0n) is 14.7. The van der Waals surface area contributed by atoms with Crippen LogP contribution in [-0.4, -0.2) is 76.9 Å². The Bertz CT molecular complexity index is 753. The first-order chi connectivity index (χ1) is 12.8. The van der Waals surface area contributed by atoms with E-state index in [0.29, 0.717) is 26.3 Å². The van der Waals surface area contributed by atoms with Crippen LogP contribution in [0.1, 0.15) is 23.2 Å². The number of benzene rings is 1. The van der Waals surface area contributed by atoms with E-state index in [4.69, 9.17) is 9.84 Å². The van der Waals surface area contributed by atoms with Crippen molar-refractivity contribution in [3.05, 3.63) is 33.9 Å². The number of morpholine rings is 1. The quantitative estimate of drug-likeness (QED) is 0.570. The van der Waals surface area contributed by atoms with Gasteiger partial charge in [0.25, 0.3) is 11.6 Å². The normalized spacial score (nSPS) is 19.6. The molecule has 0 radical (unpaired) electrons. The van der Waals surface area contributed by atoms with E-state index in [1.807, 2.05) is 0 Å². The molecule has 0 aliphatic carbocycles. The van der Waals surface area contributed by atoms with Crippen molar-refractivity contribution in [1.29, 1.82) is 0 Å². The van der Waals surface area contributed by atoms with Crippen LogP contribution >= 0.6 is 0 Å². The monoisotopic (exact) mass is 379 g/mol. The van der Waals surface area contributed by atoms with Crippen molar-refractivity contribution < 1.29 is 29.5 Å². The maximum absolute atomic E-state index is 13.0. The molecule has 10 nitrogen and oxygen atoms in total. The number of anilines is 1. The molecular weight excluding hydrogens is 358 g/mol. The first kappa shape index (κ1) is 19.1. The van der Waals surface area contributed by atoms with Crippen LogP contribution in [0.15, 0.2) is 18.2 Å². The van der Waals surface area contributed by atoms with E-state index < -0.39 is 22.4 Å². The highest BCUT2D eigenvalue weighted by Gasteiger charge is 2.41. The fourth-order valence-electron chi connectivity index (χ4n) is 3.43. The Kier molecular flexibility index (Phi) is 5.29. The van der Waals surface area contributed by atoms with Gasteiger partial charge in [-0.3, -0.25) is 14.9 Å². The molecule has 10 heteroatoms. The lowest BCUT2D eigenvalue weighted by atomic mass is 9.91. The molecule has 146 valence electrons. The number of likely N-dealkylation sites (tertiary alicyclic amines) is 1. The third kappa shape index (κ3) is 3.71. The SMILES string of the molecule is O=C(c1cccc([N+](=O)[O-])c1N1CCOCC1)N1CCC(O)(C(=O)O)CC1. The number of carboxylic acid groups (broad SMARTS) is 1. The number of nitrogens with zero attached hydrogens (tertiary/aromatic N) is 3. The summed E-state index contributed by atoms with van der Waals surface area (Å²) in [5.74, 6) is -1.72. The summed E-state index contributed by atoms with van der Waals surface area (Å²) < 4.78 is 5.29. The number of hydrogen-bond donors (Lipinski definition) is 2. The minimum atomic E-state index is -1.84. The Morgan fingerprint density at radius 1 is 1.15 bits per heavy atom. The van der Waals surface area contributed by atoms with Crippen LogP contribution in [0.5, 0.6) is 0 Å². The van der Waals surface area contributed by atoms with Gasteiger partial charge in [0.2, 0.25) is 0 Å². The molecule has 2 N–H and O–H groups in total. The highest BCUT2D eigenvalue weighted by atomic mass is 16.6. The van der Waals surface area contributed by atoms with E-state index in [2.05, 4.69) is 0 Å². The smallest absolute Gasteiger partial charge is 0.335 e. The lowest BCUT2D eigenvalue weighted by Gasteiger charge is -2.36. The number of ether oxygens (including phenoxy) is 1. The van der Waals surface area contributed by atoms with Gasteiger partial charge < -0.3 is 24.7 Å². The second kappa shape index (κ2) is 7.49. The van der Waals surface area contributed by atoms with Crippen molar-refractivity contribution in [2.24, 2.45) is 0 Å². The Morgan fingerprint density at radius 3 is 2.33 bits per heavy atom. The zero-order chi connectivity index (χ0) is 19.6. The Balaban J connectivity index is 1.90. The summed E-state index contributed by atoms with van der Waals surface area (Å²) in [7, 11) is 0. The van der Waals surface area contributed by atoms with Crippen molar-refractivity contribution in [3.8, 4) is 0 Å². The number of amides is 1. The van der Waals surface area contributed by atoms with E-state index in [1.54, 1.807) is 4.90 Å². The molecule has 3 rings (SSSR count). The summed E-state index contributed by atoms with van der Waals surface area (Å²) in [6.07, 6.45) is -0.175. The standard InChI is InChI=1S/C17H21N3O7/c21-15(19-6-4-17(24,5-7-19)16(22)23)12-2-1-3-13(20(25)26)14(12)18-8-10-27-11-9-18/h1-3,24H,4-11H2,(H,22,23). The molecule has 2 aliphatic heterocycles. The third-order valence-electron chi connectivity index (χ3n) is 5.05. The number of nitro benzene ring substituents is 1. The van der Waals surface area contributed by atoms with Crippen molar-refractivity contribution in [2.75, 3.05) is 44.3 Å². The molecule has 1 amide bonds. The van der Waals surface area contributed by atoms with Crippen molar-refractivity contribution in [2.45, 2.75) is 18.4 Å². The Labute approximate surface area is 155 Å². The van der Waals surface area contributed by atoms with Crippen LogP contribution < -0.4 is 4.90 Å². The number of carboxylic acids is 1. The number of rotatable bonds is 4. The van der Waals surface area contributed by atoms with Crippen molar-refractivity contribution in [3.63, 3.8) is 0 Å². The zero-order valence-corrected chi connectivity index (χ0v) is 14.7. The second-order valence-electron chi connectivity index (χ2n) is 6.66. The summed E-state index contributed by atoms with van der Waals surface area (Å²) in [5.41, 5.74) is -1.53. The Morgan fingerprint density at radius 2 is 1.78 bits per heavy atom. The number of nitro groups is 1. The molecule has 2 aliphatic rings. The molecule has 2 fully saturated rings. The molecule has 0 bridgehead atoms. The largest absolute Gasteiger partial charge is 0.479 e. The molecular formula is C17H21N3O7. The molecule has 0 unspecified atom stereocenters. The molecule has 1 aromatic carbocycles. The number of carbonyl (C=O) groups excluding carboxylic acids is 1. The summed E-state index contributed by atoms with van der Waals surface area (Å²) in [5, 5.41) is 30.6. The van der Waals surface area contributed by atoms with Crippen molar-refractivity contribution in [1.82, 2.24) is 4.90 Å². The van der Waals surface area contributed by atoms with E-state index in [1.165, 1.54) is 23.1 Å².